The number of nitrogens with zero attached hydrogens (tertiary/aromatic N) is 1. The van der Waals surface area contributed by atoms with Crippen molar-refractivity contribution < 1.29 is 32.6 Å². The predicted molar refractivity (Wildman–Crippen MR) is 186 cm³/mol. The maximum Gasteiger partial charge on any atom is 0.408 e. The largest absolute Gasteiger partial charge is 0.484 e. The molecule has 0 radical (unpaired) electrons. The minimum Gasteiger partial charge on any atom is -0.484 e. The molecule has 3 rings (SSSR count). The number of benzene rings is 3. The third-order valence-electron chi connectivity index (χ3n) is 7.89. The van der Waals surface area contributed by atoms with Crippen LogP contribution in [0, 0.1) is 18.6 Å². The van der Waals surface area contributed by atoms with Crippen LogP contribution in [-0.4, -0.2) is 61.1 Å². The summed E-state index contributed by atoms with van der Waals surface area (Å²) in [5, 5.41) is 8.73. The summed E-state index contributed by atoms with van der Waals surface area (Å²) in [6.07, 6.45) is 0.996. The van der Waals surface area contributed by atoms with E-state index in [2.05, 4.69) is 28.9 Å². The Bertz CT molecular complexity index is 1460. The summed E-state index contributed by atoms with van der Waals surface area (Å²) in [6, 6.07) is 18.1. The van der Waals surface area contributed by atoms with Crippen molar-refractivity contribution in [3.63, 3.8) is 0 Å². The van der Waals surface area contributed by atoms with E-state index in [1.54, 1.807) is 11.8 Å². The molecule has 0 aromatic heterocycles. The first-order valence-electron chi connectivity index (χ1n) is 17.1. The molecule has 0 fully saturated rings. The highest BCUT2D eigenvalue weighted by Crippen LogP contribution is 2.24. The van der Waals surface area contributed by atoms with E-state index in [4.69, 9.17) is 9.47 Å². The van der Waals surface area contributed by atoms with E-state index in [0.29, 0.717) is 19.6 Å². The number of alkyl carbamates (subject to hydrolysis) is 1. The molecule has 0 aliphatic heterocycles. The first-order valence-corrected chi connectivity index (χ1v) is 17.1. The molecule has 0 unspecified atom stereocenters. The van der Waals surface area contributed by atoms with Gasteiger partial charge < -0.3 is 30.3 Å². The summed E-state index contributed by atoms with van der Waals surface area (Å²) in [4.78, 5) is 41.2. The number of carbonyl (C=O) groups is 3. The van der Waals surface area contributed by atoms with Crippen molar-refractivity contribution in [2.75, 3.05) is 26.2 Å². The summed E-state index contributed by atoms with van der Waals surface area (Å²) in [7, 11) is 0. The molecule has 2 atom stereocenters. The van der Waals surface area contributed by atoms with E-state index in [1.165, 1.54) is 11.6 Å². The van der Waals surface area contributed by atoms with E-state index in [9.17, 15) is 23.2 Å². The topological polar surface area (TPSA) is 109 Å². The molecule has 0 spiro atoms. The summed E-state index contributed by atoms with van der Waals surface area (Å²) >= 11 is 0. The fourth-order valence-corrected chi connectivity index (χ4v) is 5.34. The number of ether oxygens (including phenoxy) is 2. The number of halogens is 2. The van der Waals surface area contributed by atoms with Gasteiger partial charge in [0.2, 0.25) is 11.8 Å². The Hall–Kier alpha value is -4.51. The van der Waals surface area contributed by atoms with Crippen molar-refractivity contribution in [2.45, 2.75) is 85.1 Å². The number of hydrogen-bond donors (Lipinski definition) is 3. The van der Waals surface area contributed by atoms with Crippen LogP contribution in [0.25, 0.3) is 0 Å². The van der Waals surface area contributed by atoms with Gasteiger partial charge in [0, 0.05) is 38.7 Å². The van der Waals surface area contributed by atoms with E-state index in [0.717, 1.165) is 36.5 Å². The lowest BCUT2D eigenvalue weighted by Crippen LogP contribution is -2.50. The van der Waals surface area contributed by atoms with Gasteiger partial charge in [-0.25, -0.2) is 13.6 Å². The molecular weight excluding hydrogens is 630 g/mol. The second-order valence-electron chi connectivity index (χ2n) is 12.0. The highest BCUT2D eigenvalue weighted by Gasteiger charge is 2.26. The van der Waals surface area contributed by atoms with Gasteiger partial charge in [0.25, 0.3) is 0 Å². The lowest BCUT2D eigenvalue weighted by molar-refractivity contribution is -0.131. The molecule has 3 N–H and O–H groups in total. The van der Waals surface area contributed by atoms with Crippen molar-refractivity contribution in [3.8, 4) is 5.75 Å². The van der Waals surface area contributed by atoms with Crippen LogP contribution in [0.3, 0.4) is 0 Å². The zero-order valence-electron chi connectivity index (χ0n) is 29.0. The van der Waals surface area contributed by atoms with Gasteiger partial charge in [0.05, 0.1) is 6.54 Å². The fraction of sp³-hybridized carbons (Fsp3) is 0.447. The first-order chi connectivity index (χ1) is 23.6. The van der Waals surface area contributed by atoms with Crippen LogP contribution in [0.2, 0.25) is 0 Å². The second-order valence-corrected chi connectivity index (χ2v) is 12.0. The minimum atomic E-state index is -1.09. The van der Waals surface area contributed by atoms with Crippen LogP contribution >= 0.6 is 0 Å². The molecule has 3 amide bonds. The standard InChI is InChI=1S/C38H50F2N4O5/c1-5-18-44(19-6-2)35(45)17-16-34(43-38(47)48-26-29-12-9-8-10-13-29)37(46)42-25-32(49-36-27(4)20-31(39)22-33(36)40)24-41-23-30-15-11-14-28(7-3)21-30/h8-15,20-22,32,34,41H,5-7,16-19,23-26H2,1-4H3,(H,42,46)(H,43,47)/t32-,34+/m1/s1. The van der Waals surface area contributed by atoms with Gasteiger partial charge in [-0.05, 0) is 60.9 Å². The Morgan fingerprint density at radius 3 is 2.22 bits per heavy atom. The van der Waals surface area contributed by atoms with Crippen molar-refractivity contribution in [1.82, 2.24) is 20.9 Å². The second kappa shape index (κ2) is 20.8. The van der Waals surface area contributed by atoms with Crippen LogP contribution in [0.15, 0.2) is 66.7 Å². The monoisotopic (exact) mass is 680 g/mol. The van der Waals surface area contributed by atoms with E-state index in [1.807, 2.05) is 62.4 Å². The molecule has 11 heteroatoms. The Morgan fingerprint density at radius 1 is 0.857 bits per heavy atom. The van der Waals surface area contributed by atoms with Crippen molar-refractivity contribution in [3.05, 3.63) is 101 Å². The van der Waals surface area contributed by atoms with E-state index < -0.39 is 35.8 Å². The minimum absolute atomic E-state index is 0.00600. The Morgan fingerprint density at radius 2 is 1.55 bits per heavy atom. The number of rotatable bonds is 20. The van der Waals surface area contributed by atoms with Gasteiger partial charge in [-0.3, -0.25) is 9.59 Å². The number of carbonyl (C=O) groups excluding carboxylic acids is 3. The van der Waals surface area contributed by atoms with Gasteiger partial charge in [-0.2, -0.15) is 0 Å². The molecule has 49 heavy (non-hydrogen) atoms. The molecule has 0 aliphatic carbocycles. The van der Waals surface area contributed by atoms with Crippen LogP contribution < -0.4 is 20.7 Å². The quantitative estimate of drug-likeness (QED) is 0.131. The van der Waals surface area contributed by atoms with Gasteiger partial charge in [0.15, 0.2) is 11.6 Å². The van der Waals surface area contributed by atoms with Crippen molar-refractivity contribution >= 4 is 17.9 Å². The fourth-order valence-electron chi connectivity index (χ4n) is 5.34. The summed E-state index contributed by atoms with van der Waals surface area (Å²) in [6.45, 7) is 9.45. The van der Waals surface area contributed by atoms with Crippen LogP contribution in [0.4, 0.5) is 13.6 Å². The smallest absolute Gasteiger partial charge is 0.408 e. The van der Waals surface area contributed by atoms with Crippen molar-refractivity contribution in [2.24, 2.45) is 0 Å². The molecule has 0 bridgehead atoms. The maximum absolute atomic E-state index is 14.8. The van der Waals surface area contributed by atoms with E-state index in [-0.39, 0.29) is 49.8 Å². The highest BCUT2D eigenvalue weighted by atomic mass is 19.1. The van der Waals surface area contributed by atoms with Crippen LogP contribution in [0.5, 0.6) is 5.75 Å². The van der Waals surface area contributed by atoms with Crippen LogP contribution in [0.1, 0.15) is 68.7 Å². The molecule has 9 nitrogen and oxygen atoms in total. The molecule has 0 saturated heterocycles. The Labute approximate surface area is 288 Å². The van der Waals surface area contributed by atoms with Crippen LogP contribution in [-0.2, 0) is 33.9 Å². The third-order valence-corrected chi connectivity index (χ3v) is 7.89. The lowest BCUT2D eigenvalue weighted by Gasteiger charge is -2.25. The average Bonchev–Trinajstić information content (AvgIpc) is 3.09. The zero-order chi connectivity index (χ0) is 35.6. The predicted octanol–water partition coefficient (Wildman–Crippen LogP) is 6.21. The summed E-state index contributed by atoms with van der Waals surface area (Å²) < 4.78 is 40.0. The van der Waals surface area contributed by atoms with E-state index >= 15 is 0 Å². The molecule has 266 valence electrons. The first kappa shape index (κ1) is 38.9. The average molecular weight is 681 g/mol. The van der Waals surface area contributed by atoms with Gasteiger partial charge >= 0.3 is 6.09 Å². The molecular formula is C38H50F2N4O5. The molecule has 0 aliphatic rings. The lowest BCUT2D eigenvalue weighted by atomic mass is 10.1. The summed E-state index contributed by atoms with van der Waals surface area (Å²) in [5.74, 6) is -2.36. The molecule has 0 saturated carbocycles. The maximum atomic E-state index is 14.8. The summed E-state index contributed by atoms with van der Waals surface area (Å²) in [5.41, 5.74) is 3.29. The third kappa shape index (κ3) is 13.5. The van der Waals surface area contributed by atoms with Gasteiger partial charge in [0.1, 0.15) is 24.6 Å². The number of hydrogen-bond acceptors (Lipinski definition) is 6. The Balaban J connectivity index is 1.73. The molecule has 3 aromatic carbocycles. The highest BCUT2D eigenvalue weighted by molar-refractivity contribution is 5.86. The van der Waals surface area contributed by atoms with Gasteiger partial charge in [-0.1, -0.05) is 75.4 Å². The van der Waals surface area contributed by atoms with Gasteiger partial charge in [-0.15, -0.1) is 0 Å². The normalized spacial score (nSPS) is 12.1. The number of aryl methyl sites for hydroxylation is 2. The molecule has 0 heterocycles. The SMILES string of the molecule is CCCN(CCC)C(=O)CC[C@H](NC(=O)OCc1ccccc1)C(=O)NC[C@@H](CNCc1cccc(CC)c1)Oc1c(C)cc(F)cc1F. The number of nitrogens with one attached hydrogen (secondary N) is 3. The zero-order valence-corrected chi connectivity index (χ0v) is 29.0. The van der Waals surface area contributed by atoms with Crippen molar-refractivity contribution in [1.29, 1.82) is 0 Å². The Kier molecular flexibility index (Phi) is 16.5. The molecule has 3 aromatic rings. The number of amides is 3.